The Balaban J connectivity index is 2.72. The van der Waals surface area contributed by atoms with Crippen molar-refractivity contribution in [3.8, 4) is 0 Å². The molecule has 0 aromatic carbocycles. The molecule has 0 amide bonds. The van der Waals surface area contributed by atoms with Crippen LogP contribution >= 0.6 is 0 Å². The van der Waals surface area contributed by atoms with Crippen LogP contribution in [0.3, 0.4) is 0 Å². The molecule has 0 aliphatic rings. The lowest BCUT2D eigenvalue weighted by Crippen LogP contribution is -2.35. The van der Waals surface area contributed by atoms with E-state index in [4.69, 9.17) is 4.52 Å². The van der Waals surface area contributed by atoms with Gasteiger partial charge in [0.2, 0.25) is 5.89 Å². The van der Waals surface area contributed by atoms with Gasteiger partial charge in [-0.2, -0.15) is 4.98 Å². The van der Waals surface area contributed by atoms with E-state index in [1.165, 1.54) is 0 Å². The Bertz CT molecular complexity index is 349. The largest absolute Gasteiger partial charge is 0.339 e. The van der Waals surface area contributed by atoms with Crippen molar-refractivity contribution in [3.05, 3.63) is 11.7 Å². The topological polar surface area (TPSA) is 51.0 Å². The first kappa shape index (κ1) is 16.2. The average Bonchev–Trinajstić information content (AvgIpc) is 2.82. The summed E-state index contributed by atoms with van der Waals surface area (Å²) in [6, 6.07) is 0.361. The number of rotatable bonds is 9. The number of hydrogen-bond acceptors (Lipinski definition) is 4. The highest BCUT2D eigenvalue weighted by atomic mass is 16.5. The average molecular weight is 267 g/mol. The van der Waals surface area contributed by atoms with E-state index in [2.05, 4.69) is 50.1 Å². The van der Waals surface area contributed by atoms with E-state index in [0.717, 1.165) is 43.9 Å². The Kier molecular flexibility index (Phi) is 7.06. The van der Waals surface area contributed by atoms with E-state index >= 15 is 0 Å². The van der Waals surface area contributed by atoms with Gasteiger partial charge in [-0.1, -0.05) is 39.3 Å². The second-order valence-corrected chi connectivity index (χ2v) is 5.66. The van der Waals surface area contributed by atoms with Crippen molar-refractivity contribution in [2.75, 3.05) is 6.54 Å². The smallest absolute Gasteiger partial charge is 0.231 e. The minimum Gasteiger partial charge on any atom is -0.339 e. The molecule has 2 atom stereocenters. The first-order chi connectivity index (χ1) is 9.10. The molecule has 19 heavy (non-hydrogen) atoms. The van der Waals surface area contributed by atoms with Crippen LogP contribution in [0, 0.1) is 5.92 Å². The molecule has 0 spiro atoms. The van der Waals surface area contributed by atoms with Gasteiger partial charge in [-0.25, -0.2) is 0 Å². The Morgan fingerprint density at radius 3 is 2.47 bits per heavy atom. The molecule has 0 aliphatic carbocycles. The summed E-state index contributed by atoms with van der Waals surface area (Å²) >= 11 is 0. The Labute approximate surface area is 117 Å². The van der Waals surface area contributed by atoms with Gasteiger partial charge >= 0.3 is 0 Å². The normalized spacial score (nSPS) is 14.8. The molecule has 0 aliphatic heterocycles. The van der Waals surface area contributed by atoms with E-state index in [0.29, 0.717) is 12.0 Å². The molecule has 1 aromatic rings. The van der Waals surface area contributed by atoms with Crippen LogP contribution in [-0.4, -0.2) is 22.7 Å². The second-order valence-electron chi connectivity index (χ2n) is 5.66. The molecule has 0 bridgehead atoms. The summed E-state index contributed by atoms with van der Waals surface area (Å²) in [5.41, 5.74) is 0. The van der Waals surface area contributed by atoms with Gasteiger partial charge in [0.15, 0.2) is 5.82 Å². The lowest BCUT2D eigenvalue weighted by atomic mass is 9.89. The van der Waals surface area contributed by atoms with Gasteiger partial charge in [-0.05, 0) is 32.2 Å². The third-order valence-electron chi connectivity index (χ3n) is 3.50. The molecule has 1 aromatic heterocycles. The molecule has 4 heteroatoms. The predicted molar refractivity (Wildman–Crippen MR) is 78.2 cm³/mol. The molecule has 1 N–H and O–H groups in total. The molecule has 110 valence electrons. The zero-order valence-electron chi connectivity index (χ0n) is 13.1. The number of hydrogen-bond donors (Lipinski definition) is 1. The fourth-order valence-corrected chi connectivity index (χ4v) is 2.41. The van der Waals surface area contributed by atoms with Crippen LogP contribution in [0.15, 0.2) is 4.52 Å². The van der Waals surface area contributed by atoms with Gasteiger partial charge < -0.3 is 9.84 Å². The minimum atomic E-state index is 0.287. The van der Waals surface area contributed by atoms with Gasteiger partial charge in [-0.3, -0.25) is 0 Å². The highest BCUT2D eigenvalue weighted by molar-refractivity contribution is 5.00. The third-order valence-corrected chi connectivity index (χ3v) is 3.50. The maximum Gasteiger partial charge on any atom is 0.231 e. The van der Waals surface area contributed by atoms with Crippen LogP contribution in [0.4, 0.5) is 0 Å². The maximum absolute atomic E-state index is 5.49. The zero-order valence-corrected chi connectivity index (χ0v) is 13.1. The van der Waals surface area contributed by atoms with Crippen molar-refractivity contribution in [2.45, 2.75) is 72.3 Å². The number of aryl methyl sites for hydroxylation is 1. The SMILES string of the molecule is CCCCc1noc(C(C(C)C)C(C)NCCC)n1. The van der Waals surface area contributed by atoms with Crippen LogP contribution < -0.4 is 5.32 Å². The first-order valence-electron chi connectivity index (χ1n) is 7.65. The van der Waals surface area contributed by atoms with Crippen LogP contribution in [0.5, 0.6) is 0 Å². The summed E-state index contributed by atoms with van der Waals surface area (Å²) in [4.78, 5) is 4.58. The van der Waals surface area contributed by atoms with E-state index < -0.39 is 0 Å². The van der Waals surface area contributed by atoms with Crippen molar-refractivity contribution >= 4 is 0 Å². The molecular formula is C15H29N3O. The van der Waals surface area contributed by atoms with Crippen molar-refractivity contribution in [2.24, 2.45) is 5.92 Å². The first-order valence-corrected chi connectivity index (χ1v) is 7.65. The molecule has 0 fully saturated rings. The lowest BCUT2D eigenvalue weighted by Gasteiger charge is -2.24. The van der Waals surface area contributed by atoms with Gasteiger partial charge in [0.05, 0.1) is 5.92 Å². The number of nitrogens with zero attached hydrogens (tertiary/aromatic N) is 2. The summed E-state index contributed by atoms with van der Waals surface area (Å²) in [6.07, 6.45) is 4.34. The Hall–Kier alpha value is -0.900. The van der Waals surface area contributed by atoms with Crippen molar-refractivity contribution in [1.82, 2.24) is 15.5 Å². The van der Waals surface area contributed by atoms with Crippen molar-refractivity contribution in [3.63, 3.8) is 0 Å². The summed E-state index contributed by atoms with van der Waals surface area (Å²) in [6.45, 7) is 12.0. The Morgan fingerprint density at radius 2 is 1.89 bits per heavy atom. The molecule has 0 saturated heterocycles. The zero-order chi connectivity index (χ0) is 14.3. The lowest BCUT2D eigenvalue weighted by molar-refractivity contribution is 0.279. The summed E-state index contributed by atoms with van der Waals surface area (Å²) < 4.78 is 5.49. The molecule has 4 nitrogen and oxygen atoms in total. The molecule has 0 radical (unpaired) electrons. The van der Waals surface area contributed by atoms with Crippen LogP contribution in [-0.2, 0) is 6.42 Å². The maximum atomic E-state index is 5.49. The quantitative estimate of drug-likeness (QED) is 0.743. The van der Waals surface area contributed by atoms with Crippen LogP contribution in [0.1, 0.15) is 71.5 Å². The molecular weight excluding hydrogens is 238 g/mol. The van der Waals surface area contributed by atoms with Crippen molar-refractivity contribution < 1.29 is 4.52 Å². The minimum absolute atomic E-state index is 0.287. The highest BCUT2D eigenvalue weighted by Gasteiger charge is 2.27. The molecule has 1 rings (SSSR count). The second kappa shape index (κ2) is 8.31. The van der Waals surface area contributed by atoms with E-state index in [1.807, 2.05) is 0 Å². The summed E-state index contributed by atoms with van der Waals surface area (Å²) in [5, 5.41) is 7.64. The van der Waals surface area contributed by atoms with E-state index in [1.54, 1.807) is 0 Å². The molecule has 2 unspecified atom stereocenters. The third kappa shape index (κ3) is 4.94. The predicted octanol–water partition coefficient (Wildman–Crippen LogP) is 3.54. The fourth-order valence-electron chi connectivity index (χ4n) is 2.41. The Morgan fingerprint density at radius 1 is 1.16 bits per heavy atom. The number of unbranched alkanes of at least 4 members (excludes halogenated alkanes) is 1. The fraction of sp³-hybridized carbons (Fsp3) is 0.867. The van der Waals surface area contributed by atoms with Gasteiger partial charge in [0, 0.05) is 12.5 Å². The number of nitrogens with one attached hydrogen (secondary N) is 1. The van der Waals surface area contributed by atoms with E-state index in [9.17, 15) is 0 Å². The van der Waals surface area contributed by atoms with E-state index in [-0.39, 0.29) is 5.92 Å². The van der Waals surface area contributed by atoms with Gasteiger partial charge in [0.25, 0.3) is 0 Å². The standard InChI is InChI=1S/C15H29N3O/c1-6-8-9-13-17-15(19-18-13)14(11(3)4)12(5)16-10-7-2/h11-12,14,16H,6-10H2,1-5H3. The van der Waals surface area contributed by atoms with Gasteiger partial charge in [-0.15, -0.1) is 0 Å². The monoisotopic (exact) mass is 267 g/mol. The van der Waals surface area contributed by atoms with Gasteiger partial charge in [0.1, 0.15) is 0 Å². The van der Waals surface area contributed by atoms with Crippen molar-refractivity contribution in [1.29, 1.82) is 0 Å². The number of aromatic nitrogens is 2. The molecule has 1 heterocycles. The van der Waals surface area contributed by atoms with Crippen LogP contribution in [0.2, 0.25) is 0 Å². The van der Waals surface area contributed by atoms with Crippen LogP contribution in [0.25, 0.3) is 0 Å². The molecule has 0 saturated carbocycles. The highest BCUT2D eigenvalue weighted by Crippen LogP contribution is 2.26. The summed E-state index contributed by atoms with van der Waals surface area (Å²) in [5.74, 6) is 2.41. The summed E-state index contributed by atoms with van der Waals surface area (Å²) in [7, 11) is 0.